The number of piperidine rings is 1. The molecule has 1 aliphatic carbocycles. The van der Waals surface area contributed by atoms with Gasteiger partial charge in [0, 0.05) is 35.7 Å². The Morgan fingerprint density at radius 3 is 2.84 bits per heavy atom. The van der Waals surface area contributed by atoms with E-state index in [-0.39, 0.29) is 29.6 Å². The second-order valence-electron chi connectivity index (χ2n) is 7.26. The van der Waals surface area contributed by atoms with E-state index in [9.17, 15) is 19.7 Å². The lowest BCUT2D eigenvalue weighted by molar-refractivity contribution is -0.385. The lowest BCUT2D eigenvalue weighted by atomic mass is 9.72. The summed E-state index contributed by atoms with van der Waals surface area (Å²) in [6.45, 7) is 3.76. The smallest absolute Gasteiger partial charge is 0.273 e. The monoisotopic (exact) mass is 345 g/mol. The first-order valence-electron chi connectivity index (χ1n) is 8.70. The molecule has 0 bridgehead atoms. The van der Waals surface area contributed by atoms with Crippen LogP contribution in [-0.2, 0) is 4.79 Å². The fraction of sp³-hybridized carbons (Fsp3) is 0.556. The van der Waals surface area contributed by atoms with Crippen LogP contribution in [0.2, 0.25) is 0 Å². The summed E-state index contributed by atoms with van der Waals surface area (Å²) in [6, 6.07) is 4.59. The molecule has 0 spiro atoms. The summed E-state index contributed by atoms with van der Waals surface area (Å²) in [4.78, 5) is 34.8. The average Bonchev–Trinajstić information content (AvgIpc) is 2.54. The minimum absolute atomic E-state index is 0.0280. The van der Waals surface area contributed by atoms with E-state index in [1.54, 1.807) is 19.1 Å². The fourth-order valence-electron chi connectivity index (χ4n) is 4.10. The van der Waals surface area contributed by atoms with Crippen LogP contribution in [0, 0.1) is 28.9 Å². The lowest BCUT2D eigenvalue weighted by Gasteiger charge is -2.43. The molecule has 7 nitrogen and oxygen atoms in total. The van der Waals surface area contributed by atoms with Crippen molar-refractivity contribution in [3.63, 3.8) is 0 Å². The molecular weight excluding hydrogens is 322 g/mol. The third kappa shape index (κ3) is 3.65. The van der Waals surface area contributed by atoms with Crippen LogP contribution >= 0.6 is 0 Å². The van der Waals surface area contributed by atoms with Crippen molar-refractivity contribution in [2.24, 2.45) is 11.8 Å². The van der Waals surface area contributed by atoms with Gasteiger partial charge in [-0.1, -0.05) is 13.0 Å². The number of rotatable bonds is 3. The second kappa shape index (κ2) is 6.82. The minimum atomic E-state index is -0.476. The molecular formula is C18H23N3O4. The van der Waals surface area contributed by atoms with Gasteiger partial charge in [0.15, 0.2) is 0 Å². The van der Waals surface area contributed by atoms with Gasteiger partial charge in [0.05, 0.1) is 4.92 Å². The van der Waals surface area contributed by atoms with Gasteiger partial charge in [-0.3, -0.25) is 19.7 Å². The van der Waals surface area contributed by atoms with E-state index in [2.05, 4.69) is 17.6 Å². The third-order valence-electron chi connectivity index (χ3n) is 5.49. The van der Waals surface area contributed by atoms with Gasteiger partial charge in [-0.05, 0) is 44.1 Å². The quantitative estimate of drug-likeness (QED) is 0.648. The van der Waals surface area contributed by atoms with Crippen LogP contribution in [0.1, 0.15) is 48.5 Å². The van der Waals surface area contributed by atoms with Crippen molar-refractivity contribution in [3.8, 4) is 0 Å². The van der Waals surface area contributed by atoms with E-state index in [4.69, 9.17) is 0 Å². The number of aryl methyl sites for hydroxylation is 1. The Labute approximate surface area is 146 Å². The number of benzene rings is 1. The molecule has 0 radical (unpaired) electrons. The molecule has 2 aliphatic rings. The number of nitro benzene ring substituents is 1. The number of carbonyl (C=O) groups is 2. The molecule has 1 aliphatic heterocycles. The first kappa shape index (κ1) is 17.4. The molecule has 2 amide bonds. The van der Waals surface area contributed by atoms with Gasteiger partial charge < -0.3 is 10.6 Å². The number of carbonyl (C=O) groups excluding carboxylic acids is 2. The van der Waals surface area contributed by atoms with Gasteiger partial charge in [0.1, 0.15) is 0 Å². The zero-order chi connectivity index (χ0) is 18.1. The van der Waals surface area contributed by atoms with E-state index in [1.165, 1.54) is 6.07 Å². The van der Waals surface area contributed by atoms with Crippen molar-refractivity contribution in [2.45, 2.75) is 51.6 Å². The summed E-state index contributed by atoms with van der Waals surface area (Å²) in [7, 11) is 0. The minimum Gasteiger partial charge on any atom is -0.353 e. The Balaban J connectivity index is 1.67. The summed E-state index contributed by atoms with van der Waals surface area (Å²) in [5.41, 5.74) is 0.770. The number of hydrogen-bond donors (Lipinski definition) is 2. The number of nitro groups is 1. The zero-order valence-corrected chi connectivity index (χ0v) is 14.5. The molecule has 1 saturated carbocycles. The molecule has 4 atom stereocenters. The van der Waals surface area contributed by atoms with Gasteiger partial charge in [-0.25, -0.2) is 0 Å². The topological polar surface area (TPSA) is 101 Å². The highest BCUT2D eigenvalue weighted by Crippen LogP contribution is 2.35. The summed E-state index contributed by atoms with van der Waals surface area (Å²) in [5, 5.41) is 17.1. The Kier molecular flexibility index (Phi) is 4.74. The molecule has 0 aromatic heterocycles. The normalized spacial score (nSPS) is 28.6. The van der Waals surface area contributed by atoms with Crippen molar-refractivity contribution >= 4 is 17.5 Å². The van der Waals surface area contributed by atoms with Crippen LogP contribution in [0.3, 0.4) is 0 Å². The maximum atomic E-state index is 12.5. The molecule has 2 fully saturated rings. The summed E-state index contributed by atoms with van der Waals surface area (Å²) < 4.78 is 0. The average molecular weight is 345 g/mol. The standard InChI is InChI=1S/C18H23N3O4/c1-10-3-4-12(8-16(10)21(24)25)18(23)19-13-5-6-14-11(2)7-17(22)20-15(14)9-13/h3-4,8,11,13-15H,5-7,9H2,1-2H3,(H,19,23)(H,20,22). The molecule has 1 aromatic carbocycles. The van der Waals surface area contributed by atoms with Crippen LogP contribution < -0.4 is 10.6 Å². The SMILES string of the molecule is Cc1ccc(C(=O)NC2CCC3C(C)CC(=O)NC3C2)cc1[N+](=O)[O-]. The van der Waals surface area contributed by atoms with Gasteiger partial charge >= 0.3 is 0 Å². The number of nitrogens with zero attached hydrogens (tertiary/aromatic N) is 1. The molecule has 1 aromatic rings. The molecule has 4 unspecified atom stereocenters. The van der Waals surface area contributed by atoms with E-state index in [0.717, 1.165) is 12.8 Å². The molecule has 25 heavy (non-hydrogen) atoms. The van der Waals surface area contributed by atoms with Crippen LogP contribution in [0.5, 0.6) is 0 Å². The summed E-state index contributed by atoms with van der Waals surface area (Å²) >= 11 is 0. The van der Waals surface area contributed by atoms with E-state index in [0.29, 0.717) is 35.8 Å². The lowest BCUT2D eigenvalue weighted by Crippen LogP contribution is -2.54. The van der Waals surface area contributed by atoms with Crippen LogP contribution in [0.25, 0.3) is 0 Å². The van der Waals surface area contributed by atoms with E-state index in [1.807, 2.05) is 0 Å². The first-order chi connectivity index (χ1) is 11.8. The molecule has 2 N–H and O–H groups in total. The zero-order valence-electron chi connectivity index (χ0n) is 14.5. The molecule has 1 heterocycles. The summed E-state index contributed by atoms with van der Waals surface area (Å²) in [6.07, 6.45) is 3.11. The van der Waals surface area contributed by atoms with Crippen molar-refractivity contribution < 1.29 is 14.5 Å². The maximum absolute atomic E-state index is 12.5. The number of nitrogens with one attached hydrogen (secondary N) is 2. The Morgan fingerprint density at radius 2 is 2.12 bits per heavy atom. The number of fused-ring (bicyclic) bond motifs is 1. The predicted octanol–water partition coefficient (Wildman–Crippen LogP) is 2.33. The maximum Gasteiger partial charge on any atom is 0.273 e. The largest absolute Gasteiger partial charge is 0.353 e. The highest BCUT2D eigenvalue weighted by Gasteiger charge is 2.39. The molecule has 134 valence electrons. The van der Waals surface area contributed by atoms with Gasteiger partial charge in [0.25, 0.3) is 11.6 Å². The Hall–Kier alpha value is -2.44. The molecule has 3 rings (SSSR count). The van der Waals surface area contributed by atoms with Crippen molar-refractivity contribution in [2.75, 3.05) is 0 Å². The Morgan fingerprint density at radius 1 is 1.36 bits per heavy atom. The van der Waals surface area contributed by atoms with E-state index >= 15 is 0 Å². The first-order valence-corrected chi connectivity index (χ1v) is 8.70. The van der Waals surface area contributed by atoms with Crippen LogP contribution in [0.4, 0.5) is 5.69 Å². The van der Waals surface area contributed by atoms with Crippen LogP contribution in [-0.4, -0.2) is 28.8 Å². The molecule has 7 heteroatoms. The van der Waals surface area contributed by atoms with Crippen molar-refractivity contribution in [1.29, 1.82) is 0 Å². The predicted molar refractivity (Wildman–Crippen MR) is 92.1 cm³/mol. The second-order valence-corrected chi connectivity index (χ2v) is 7.26. The van der Waals surface area contributed by atoms with Gasteiger partial charge in [-0.2, -0.15) is 0 Å². The fourth-order valence-corrected chi connectivity index (χ4v) is 4.10. The highest BCUT2D eigenvalue weighted by molar-refractivity contribution is 5.95. The Bertz CT molecular complexity index is 718. The molecule has 1 saturated heterocycles. The van der Waals surface area contributed by atoms with E-state index < -0.39 is 4.92 Å². The number of hydrogen-bond acceptors (Lipinski definition) is 4. The van der Waals surface area contributed by atoms with Crippen LogP contribution in [0.15, 0.2) is 18.2 Å². The summed E-state index contributed by atoms with van der Waals surface area (Å²) in [5.74, 6) is 0.609. The van der Waals surface area contributed by atoms with Gasteiger partial charge in [-0.15, -0.1) is 0 Å². The van der Waals surface area contributed by atoms with Crippen molar-refractivity contribution in [3.05, 3.63) is 39.4 Å². The van der Waals surface area contributed by atoms with Crippen molar-refractivity contribution in [1.82, 2.24) is 10.6 Å². The van der Waals surface area contributed by atoms with Gasteiger partial charge in [0.2, 0.25) is 5.91 Å². The number of amides is 2. The highest BCUT2D eigenvalue weighted by atomic mass is 16.6. The third-order valence-corrected chi connectivity index (χ3v) is 5.49.